The van der Waals surface area contributed by atoms with Gasteiger partial charge in [-0.05, 0) is 53.1 Å². The third-order valence-corrected chi connectivity index (χ3v) is 9.19. The van der Waals surface area contributed by atoms with Gasteiger partial charge in [0.1, 0.15) is 22.9 Å². The van der Waals surface area contributed by atoms with E-state index in [1.807, 2.05) is 16.8 Å². The fraction of sp³-hybridized carbons (Fsp3) is 0.600. The zero-order chi connectivity index (χ0) is 29.3. The van der Waals surface area contributed by atoms with Gasteiger partial charge < -0.3 is 20.0 Å². The number of alkyl halides is 2. The number of likely N-dealkylation sites (tertiary alicyclic amines) is 2. The van der Waals surface area contributed by atoms with Crippen LogP contribution >= 0.6 is 0 Å². The Kier molecular flexibility index (Phi) is 6.79. The average molecular weight is 571 g/mol. The molecule has 0 bridgehead atoms. The molecule has 1 aromatic heterocycles. The number of amides is 2. The molecular formula is C30H37F3N6O2. The summed E-state index contributed by atoms with van der Waals surface area (Å²) in [6.07, 6.45) is 3.20. The molecule has 2 saturated heterocycles. The molecule has 4 heterocycles. The Balaban J connectivity index is 1.36. The van der Waals surface area contributed by atoms with Crippen LogP contribution in [0, 0.1) is 18.7 Å². The van der Waals surface area contributed by atoms with Crippen LogP contribution in [-0.2, 0) is 27.5 Å². The Morgan fingerprint density at radius 1 is 1.20 bits per heavy atom. The maximum Gasteiger partial charge on any atom is 0.273 e. The molecule has 3 aliphatic heterocycles. The molecular weight excluding hydrogens is 533 g/mol. The van der Waals surface area contributed by atoms with Gasteiger partial charge in [-0.25, -0.2) is 23.1 Å². The van der Waals surface area contributed by atoms with Gasteiger partial charge in [0.15, 0.2) is 0 Å². The lowest BCUT2D eigenvalue weighted by Gasteiger charge is -2.43. The van der Waals surface area contributed by atoms with Crippen LogP contribution in [0.1, 0.15) is 73.8 Å². The molecule has 3 atom stereocenters. The first kappa shape index (κ1) is 27.9. The van der Waals surface area contributed by atoms with Crippen LogP contribution in [0.4, 0.5) is 19.0 Å². The van der Waals surface area contributed by atoms with Crippen molar-refractivity contribution in [2.75, 3.05) is 38.5 Å². The van der Waals surface area contributed by atoms with Crippen molar-refractivity contribution in [1.29, 1.82) is 0 Å². The number of aromatic nitrogens is 2. The Hall–Kier alpha value is -3.21. The number of hydrogen-bond donors (Lipinski definition) is 1. The van der Waals surface area contributed by atoms with Gasteiger partial charge in [-0.15, -0.1) is 0 Å². The van der Waals surface area contributed by atoms with E-state index in [0.717, 1.165) is 31.0 Å². The summed E-state index contributed by atoms with van der Waals surface area (Å²) in [5, 5.41) is 3.29. The van der Waals surface area contributed by atoms with E-state index in [0.29, 0.717) is 56.7 Å². The minimum Gasteiger partial charge on any atom is -0.363 e. The largest absolute Gasteiger partial charge is 0.363 e. The van der Waals surface area contributed by atoms with Crippen molar-refractivity contribution >= 4 is 17.6 Å². The lowest BCUT2D eigenvalue weighted by atomic mass is 9.76. The SMILES string of the molecule is Cc1nc(N[C@H](C)c2cccc(C(C)(F)F)c2F)c2c(n1)C1(CCN(C)C1)C(=O)N([C@@H]1CCN(C(=O)C3CC3)C1)C2. The predicted molar refractivity (Wildman–Crippen MR) is 147 cm³/mol. The number of carbonyl (C=O) groups is 2. The van der Waals surface area contributed by atoms with Gasteiger partial charge in [0.05, 0.1) is 29.9 Å². The van der Waals surface area contributed by atoms with Crippen LogP contribution in [0.5, 0.6) is 0 Å². The van der Waals surface area contributed by atoms with Gasteiger partial charge in [0.25, 0.3) is 5.92 Å². The summed E-state index contributed by atoms with van der Waals surface area (Å²) in [5.41, 5.74) is 0.0585. The number of aryl methyl sites for hydroxylation is 1. The van der Waals surface area contributed by atoms with E-state index in [4.69, 9.17) is 4.98 Å². The van der Waals surface area contributed by atoms with Crippen LogP contribution in [0.3, 0.4) is 0 Å². The van der Waals surface area contributed by atoms with Gasteiger partial charge in [-0.2, -0.15) is 0 Å². The topological polar surface area (TPSA) is 81.7 Å². The maximum absolute atomic E-state index is 15.3. The molecule has 1 aliphatic carbocycles. The quantitative estimate of drug-likeness (QED) is 0.563. The van der Waals surface area contributed by atoms with Crippen molar-refractivity contribution < 1.29 is 22.8 Å². The van der Waals surface area contributed by atoms with Crippen molar-refractivity contribution in [3.8, 4) is 0 Å². The summed E-state index contributed by atoms with van der Waals surface area (Å²) >= 11 is 0. The number of carbonyl (C=O) groups excluding carboxylic acids is 2. The van der Waals surface area contributed by atoms with Crippen LogP contribution in [0.15, 0.2) is 18.2 Å². The summed E-state index contributed by atoms with van der Waals surface area (Å²) in [5.74, 6) is -2.97. The highest BCUT2D eigenvalue weighted by atomic mass is 19.3. The van der Waals surface area contributed by atoms with Crippen molar-refractivity contribution in [2.24, 2.45) is 5.92 Å². The molecule has 3 fully saturated rings. The molecule has 6 rings (SSSR count). The monoisotopic (exact) mass is 570 g/mol. The maximum atomic E-state index is 15.3. The fourth-order valence-electron chi connectivity index (χ4n) is 6.83. The van der Waals surface area contributed by atoms with E-state index in [1.54, 1.807) is 13.8 Å². The van der Waals surface area contributed by atoms with Crippen molar-refractivity contribution in [3.05, 3.63) is 52.2 Å². The molecule has 4 aliphatic rings. The number of fused-ring (bicyclic) bond motifs is 2. The lowest BCUT2D eigenvalue weighted by molar-refractivity contribution is -0.142. The minimum absolute atomic E-state index is 0.0288. The van der Waals surface area contributed by atoms with Crippen LogP contribution in [-0.4, -0.2) is 75.8 Å². The first-order valence-electron chi connectivity index (χ1n) is 14.5. The van der Waals surface area contributed by atoms with Crippen molar-refractivity contribution in [3.63, 3.8) is 0 Å². The van der Waals surface area contributed by atoms with Gasteiger partial charge in [-0.1, -0.05) is 18.2 Å². The van der Waals surface area contributed by atoms with Crippen molar-refractivity contribution in [2.45, 2.75) is 76.4 Å². The second kappa shape index (κ2) is 9.96. The molecule has 2 amide bonds. The number of likely N-dealkylation sites (N-methyl/N-ethyl adjacent to an activating group) is 1. The number of rotatable bonds is 6. The number of hydrogen-bond acceptors (Lipinski definition) is 6. The molecule has 11 heteroatoms. The zero-order valence-corrected chi connectivity index (χ0v) is 24.0. The Bertz CT molecular complexity index is 1390. The van der Waals surface area contributed by atoms with Crippen molar-refractivity contribution in [1.82, 2.24) is 24.7 Å². The van der Waals surface area contributed by atoms with E-state index < -0.39 is 28.8 Å². The van der Waals surface area contributed by atoms with Gasteiger partial charge in [0, 0.05) is 43.6 Å². The van der Waals surface area contributed by atoms with Crippen LogP contribution < -0.4 is 5.32 Å². The second-order valence-corrected chi connectivity index (χ2v) is 12.4. The van der Waals surface area contributed by atoms with E-state index >= 15 is 4.39 Å². The second-order valence-electron chi connectivity index (χ2n) is 12.4. The Labute approximate surface area is 238 Å². The average Bonchev–Trinajstić information content (AvgIpc) is 3.51. The first-order chi connectivity index (χ1) is 19.4. The standard InChI is InChI=1S/C30H37F3N6O2/c1-17(21-6-5-7-23(24(21)31)29(3,32)33)34-26-22-15-39(20-10-12-38(14-20)27(40)19-8-9-19)28(41)30(11-13-37(4)16-30)25(22)35-18(2)36-26/h5-7,17,19-20H,8-16H2,1-4H3,(H,34,35,36)/t17-,20-,30?/m1/s1. The van der Waals surface area contributed by atoms with Gasteiger partial charge in [0.2, 0.25) is 11.8 Å². The number of halogens is 3. The summed E-state index contributed by atoms with van der Waals surface area (Å²) in [4.78, 5) is 42.5. The number of benzene rings is 1. The molecule has 1 N–H and O–H groups in total. The normalized spacial score (nSPS) is 25.6. The zero-order valence-electron chi connectivity index (χ0n) is 24.0. The minimum atomic E-state index is -3.32. The molecule has 1 aromatic carbocycles. The van der Waals surface area contributed by atoms with Gasteiger partial charge in [-0.3, -0.25) is 9.59 Å². The molecule has 1 spiro atoms. The van der Waals surface area contributed by atoms with Gasteiger partial charge >= 0.3 is 0 Å². The third kappa shape index (κ3) is 4.85. The van der Waals surface area contributed by atoms with Crippen LogP contribution in [0.25, 0.3) is 0 Å². The van der Waals surface area contributed by atoms with E-state index in [1.165, 1.54) is 12.1 Å². The number of nitrogens with one attached hydrogen (secondary N) is 1. The van der Waals surface area contributed by atoms with E-state index in [2.05, 4.69) is 15.2 Å². The van der Waals surface area contributed by atoms with Crippen LogP contribution in [0.2, 0.25) is 0 Å². The molecule has 220 valence electrons. The highest BCUT2D eigenvalue weighted by molar-refractivity contribution is 5.91. The summed E-state index contributed by atoms with van der Waals surface area (Å²) < 4.78 is 43.4. The molecule has 0 radical (unpaired) electrons. The molecule has 1 unspecified atom stereocenters. The van der Waals surface area contributed by atoms with E-state index in [-0.39, 0.29) is 35.9 Å². The predicted octanol–water partition coefficient (Wildman–Crippen LogP) is 4.14. The highest BCUT2D eigenvalue weighted by Crippen LogP contribution is 2.45. The number of anilines is 1. The number of nitrogens with zero attached hydrogens (tertiary/aromatic N) is 5. The molecule has 2 aromatic rings. The first-order valence-corrected chi connectivity index (χ1v) is 14.5. The third-order valence-electron chi connectivity index (χ3n) is 9.19. The molecule has 8 nitrogen and oxygen atoms in total. The summed E-state index contributed by atoms with van der Waals surface area (Å²) in [6, 6.07) is 3.24. The smallest absolute Gasteiger partial charge is 0.273 e. The lowest BCUT2D eigenvalue weighted by Crippen LogP contribution is -2.56. The molecule has 41 heavy (non-hydrogen) atoms. The summed E-state index contributed by atoms with van der Waals surface area (Å²) in [6.45, 7) is 6.82. The fourth-order valence-corrected chi connectivity index (χ4v) is 6.83. The highest BCUT2D eigenvalue weighted by Gasteiger charge is 2.55. The van der Waals surface area contributed by atoms with E-state index in [9.17, 15) is 18.4 Å². The molecule has 1 saturated carbocycles. The Morgan fingerprint density at radius 2 is 1.95 bits per heavy atom. The summed E-state index contributed by atoms with van der Waals surface area (Å²) in [7, 11) is 1.99. The Morgan fingerprint density at radius 3 is 2.61 bits per heavy atom.